The Morgan fingerprint density at radius 2 is 1.80 bits per heavy atom. The van der Waals surface area contributed by atoms with Crippen LogP contribution in [-0.4, -0.2) is 25.5 Å². The zero-order chi connectivity index (χ0) is 21.1. The smallest absolute Gasteiger partial charge is 0.262 e. The molecule has 0 atom stereocenters. The van der Waals surface area contributed by atoms with Gasteiger partial charge in [0.05, 0.1) is 24.8 Å². The molecule has 0 bridgehead atoms. The highest BCUT2D eigenvalue weighted by molar-refractivity contribution is 6.10. The van der Waals surface area contributed by atoms with E-state index in [4.69, 9.17) is 9.47 Å². The van der Waals surface area contributed by atoms with Crippen LogP contribution in [0.3, 0.4) is 0 Å². The summed E-state index contributed by atoms with van der Waals surface area (Å²) >= 11 is 0. The first-order valence-corrected chi connectivity index (χ1v) is 9.74. The van der Waals surface area contributed by atoms with Gasteiger partial charge in [0.1, 0.15) is 11.5 Å². The van der Waals surface area contributed by atoms with Crippen molar-refractivity contribution in [1.82, 2.24) is 0 Å². The van der Waals surface area contributed by atoms with E-state index in [1.807, 2.05) is 55.5 Å². The first kappa shape index (κ1) is 19.5. The highest BCUT2D eigenvalue weighted by atomic mass is 16.5. The lowest BCUT2D eigenvalue weighted by molar-refractivity contribution is -0.115. The van der Waals surface area contributed by atoms with Crippen molar-refractivity contribution in [3.63, 3.8) is 0 Å². The number of carbonyl (C=O) groups excluding carboxylic acids is 2. The van der Waals surface area contributed by atoms with Crippen molar-refractivity contribution in [3.05, 3.63) is 77.9 Å². The fourth-order valence-corrected chi connectivity index (χ4v) is 3.45. The second-order valence-electron chi connectivity index (χ2n) is 6.90. The van der Waals surface area contributed by atoms with E-state index < -0.39 is 0 Å². The minimum absolute atomic E-state index is 0.163. The van der Waals surface area contributed by atoms with E-state index >= 15 is 0 Å². The van der Waals surface area contributed by atoms with Gasteiger partial charge >= 0.3 is 0 Å². The van der Waals surface area contributed by atoms with Gasteiger partial charge in [0.25, 0.3) is 5.91 Å². The number of anilines is 2. The van der Waals surface area contributed by atoms with E-state index in [0.29, 0.717) is 29.3 Å². The van der Waals surface area contributed by atoms with Crippen LogP contribution in [0.2, 0.25) is 0 Å². The second-order valence-corrected chi connectivity index (χ2v) is 6.90. The SMILES string of the molecule is CCN1C(=O)c2cc(NC(=O)Cc3ccc(OC)cc3)ccc2Oc2ccccc21. The molecule has 6 heteroatoms. The Labute approximate surface area is 175 Å². The molecule has 0 aromatic heterocycles. The molecular weight excluding hydrogens is 380 g/mol. The largest absolute Gasteiger partial charge is 0.497 e. The van der Waals surface area contributed by atoms with Crippen molar-refractivity contribution in [2.75, 3.05) is 23.9 Å². The molecule has 3 aromatic carbocycles. The van der Waals surface area contributed by atoms with Crippen molar-refractivity contribution in [2.45, 2.75) is 13.3 Å². The maximum absolute atomic E-state index is 13.1. The van der Waals surface area contributed by atoms with Crippen LogP contribution in [0.25, 0.3) is 0 Å². The van der Waals surface area contributed by atoms with E-state index in [2.05, 4.69) is 5.32 Å². The predicted octanol–water partition coefficient (Wildman–Crippen LogP) is 4.65. The molecule has 0 fully saturated rings. The van der Waals surface area contributed by atoms with Gasteiger partial charge in [-0.05, 0) is 55.0 Å². The Morgan fingerprint density at radius 1 is 1.03 bits per heavy atom. The number of benzene rings is 3. The first-order valence-electron chi connectivity index (χ1n) is 9.74. The molecule has 6 nitrogen and oxygen atoms in total. The van der Waals surface area contributed by atoms with Crippen molar-refractivity contribution in [1.29, 1.82) is 0 Å². The summed E-state index contributed by atoms with van der Waals surface area (Å²) in [6.07, 6.45) is 0.220. The van der Waals surface area contributed by atoms with Gasteiger partial charge in [0.15, 0.2) is 5.75 Å². The van der Waals surface area contributed by atoms with Gasteiger partial charge in [-0.15, -0.1) is 0 Å². The molecule has 0 unspecified atom stereocenters. The molecule has 1 aliphatic heterocycles. The summed E-state index contributed by atoms with van der Waals surface area (Å²) in [5.74, 6) is 1.51. The molecule has 0 spiro atoms. The Hall–Kier alpha value is -3.80. The maximum Gasteiger partial charge on any atom is 0.262 e. The van der Waals surface area contributed by atoms with Crippen LogP contribution < -0.4 is 19.7 Å². The Morgan fingerprint density at radius 3 is 2.53 bits per heavy atom. The number of rotatable bonds is 5. The number of fused-ring (bicyclic) bond motifs is 2. The highest BCUT2D eigenvalue weighted by Gasteiger charge is 2.27. The average molecular weight is 402 g/mol. The molecule has 3 aromatic rings. The van der Waals surface area contributed by atoms with Crippen LogP contribution >= 0.6 is 0 Å². The maximum atomic E-state index is 13.1. The molecule has 2 amide bonds. The third-order valence-corrected chi connectivity index (χ3v) is 4.95. The monoisotopic (exact) mass is 402 g/mol. The molecule has 0 aliphatic carbocycles. The van der Waals surface area contributed by atoms with E-state index in [9.17, 15) is 9.59 Å². The fraction of sp³-hybridized carbons (Fsp3) is 0.167. The number of nitrogens with zero attached hydrogens (tertiary/aromatic N) is 1. The lowest BCUT2D eigenvalue weighted by Gasteiger charge is -2.19. The quantitative estimate of drug-likeness (QED) is 0.675. The van der Waals surface area contributed by atoms with Gasteiger partial charge in [-0.1, -0.05) is 24.3 Å². The molecule has 0 radical (unpaired) electrons. The van der Waals surface area contributed by atoms with Gasteiger partial charge in [0.2, 0.25) is 5.91 Å². The van der Waals surface area contributed by atoms with Gasteiger partial charge in [0, 0.05) is 12.2 Å². The van der Waals surface area contributed by atoms with Crippen LogP contribution in [-0.2, 0) is 11.2 Å². The average Bonchev–Trinajstić information content (AvgIpc) is 2.88. The summed E-state index contributed by atoms with van der Waals surface area (Å²) in [6, 6.07) is 19.9. The van der Waals surface area contributed by atoms with Crippen LogP contribution in [0.15, 0.2) is 66.7 Å². The predicted molar refractivity (Wildman–Crippen MR) is 116 cm³/mol. The minimum Gasteiger partial charge on any atom is -0.497 e. The van der Waals surface area contributed by atoms with E-state index in [0.717, 1.165) is 17.0 Å². The zero-order valence-corrected chi connectivity index (χ0v) is 16.8. The van der Waals surface area contributed by atoms with E-state index in [1.165, 1.54) is 0 Å². The van der Waals surface area contributed by atoms with Gasteiger partial charge < -0.3 is 19.7 Å². The molecule has 0 saturated heterocycles. The summed E-state index contributed by atoms with van der Waals surface area (Å²) in [5, 5.41) is 2.87. The first-order chi connectivity index (χ1) is 14.6. The number of nitrogens with one attached hydrogen (secondary N) is 1. The number of ether oxygens (including phenoxy) is 2. The Kier molecular flexibility index (Phi) is 5.39. The minimum atomic E-state index is -0.169. The van der Waals surface area contributed by atoms with Crippen LogP contribution in [0, 0.1) is 0 Å². The van der Waals surface area contributed by atoms with Crippen molar-refractivity contribution < 1.29 is 19.1 Å². The fourth-order valence-electron chi connectivity index (χ4n) is 3.45. The molecule has 152 valence electrons. The van der Waals surface area contributed by atoms with Gasteiger partial charge in [-0.2, -0.15) is 0 Å². The molecule has 1 N–H and O–H groups in total. The molecular formula is C24H22N2O4. The van der Waals surface area contributed by atoms with Gasteiger partial charge in [-0.25, -0.2) is 0 Å². The topological polar surface area (TPSA) is 67.9 Å². The molecule has 1 heterocycles. The number of amides is 2. The van der Waals surface area contributed by atoms with Crippen molar-refractivity contribution >= 4 is 23.2 Å². The normalized spacial score (nSPS) is 12.3. The number of carbonyl (C=O) groups is 2. The van der Waals surface area contributed by atoms with Crippen LogP contribution in [0.5, 0.6) is 17.2 Å². The number of hydrogen-bond acceptors (Lipinski definition) is 4. The standard InChI is InChI=1S/C24H22N2O4/c1-3-26-20-6-4-5-7-22(20)30-21-13-10-17(15-19(21)24(26)28)25-23(27)14-16-8-11-18(29-2)12-9-16/h4-13,15H,3,14H2,1-2H3,(H,25,27). The summed E-state index contributed by atoms with van der Waals surface area (Å²) in [6.45, 7) is 2.42. The lowest BCUT2D eigenvalue weighted by Crippen LogP contribution is -2.29. The third-order valence-electron chi connectivity index (χ3n) is 4.95. The number of para-hydroxylation sites is 2. The molecule has 30 heavy (non-hydrogen) atoms. The number of hydrogen-bond donors (Lipinski definition) is 1. The summed E-state index contributed by atoms with van der Waals surface area (Å²) < 4.78 is 11.1. The molecule has 1 aliphatic rings. The highest BCUT2D eigenvalue weighted by Crippen LogP contribution is 2.39. The zero-order valence-electron chi connectivity index (χ0n) is 16.8. The van der Waals surface area contributed by atoms with E-state index in [1.54, 1.807) is 30.2 Å². The van der Waals surface area contributed by atoms with Crippen LogP contribution in [0.4, 0.5) is 11.4 Å². The third kappa shape index (κ3) is 3.85. The molecule has 4 rings (SSSR count). The summed E-state index contributed by atoms with van der Waals surface area (Å²) in [7, 11) is 1.60. The van der Waals surface area contributed by atoms with E-state index in [-0.39, 0.29) is 18.2 Å². The number of methoxy groups -OCH3 is 1. The Bertz CT molecular complexity index is 1090. The van der Waals surface area contributed by atoms with Crippen molar-refractivity contribution in [3.8, 4) is 17.2 Å². The van der Waals surface area contributed by atoms with Crippen molar-refractivity contribution in [2.24, 2.45) is 0 Å². The van der Waals surface area contributed by atoms with Crippen LogP contribution in [0.1, 0.15) is 22.8 Å². The van der Waals surface area contributed by atoms with Gasteiger partial charge in [-0.3, -0.25) is 9.59 Å². The summed E-state index contributed by atoms with van der Waals surface area (Å²) in [4.78, 5) is 27.3. The Balaban J connectivity index is 1.55. The summed E-state index contributed by atoms with van der Waals surface area (Å²) in [5.41, 5.74) is 2.56. The lowest BCUT2D eigenvalue weighted by atomic mass is 10.1. The second kappa shape index (κ2) is 8.29. The molecule has 0 saturated carbocycles.